The van der Waals surface area contributed by atoms with Crippen molar-refractivity contribution in [2.45, 2.75) is 6.92 Å². The second kappa shape index (κ2) is 5.05. The summed E-state index contributed by atoms with van der Waals surface area (Å²) in [6, 6.07) is 12.4. The summed E-state index contributed by atoms with van der Waals surface area (Å²) in [5.74, 6) is 0. The standard InChI is InChI=1S/C13H10Cl2S/c1-9-4-2-3-5-11(9)12-7-6-10(16-12)8-13(14)15/h2-8H,1H3. The van der Waals surface area contributed by atoms with Gasteiger partial charge in [0.2, 0.25) is 0 Å². The van der Waals surface area contributed by atoms with Crippen LogP contribution in [-0.4, -0.2) is 0 Å². The Hall–Kier alpha value is -0.760. The molecule has 0 N–H and O–H groups in total. The van der Waals surface area contributed by atoms with Crippen LogP contribution in [0.2, 0.25) is 0 Å². The van der Waals surface area contributed by atoms with Crippen LogP contribution in [0.1, 0.15) is 10.4 Å². The molecule has 0 aliphatic carbocycles. The van der Waals surface area contributed by atoms with E-state index >= 15 is 0 Å². The van der Waals surface area contributed by atoms with Gasteiger partial charge in [0.1, 0.15) is 4.49 Å². The smallest absolute Gasteiger partial charge is 0.108 e. The van der Waals surface area contributed by atoms with Crippen LogP contribution in [0.3, 0.4) is 0 Å². The Morgan fingerprint density at radius 3 is 2.56 bits per heavy atom. The van der Waals surface area contributed by atoms with Gasteiger partial charge in [-0.05, 0) is 36.3 Å². The van der Waals surface area contributed by atoms with Gasteiger partial charge in [0.05, 0.1) is 0 Å². The Bertz CT molecular complexity index is 522. The van der Waals surface area contributed by atoms with Crippen molar-refractivity contribution < 1.29 is 0 Å². The summed E-state index contributed by atoms with van der Waals surface area (Å²) in [7, 11) is 0. The fraction of sp³-hybridized carbons (Fsp3) is 0.0769. The lowest BCUT2D eigenvalue weighted by Crippen LogP contribution is -1.77. The Labute approximate surface area is 109 Å². The first-order chi connectivity index (χ1) is 7.66. The number of rotatable bonds is 2. The molecular formula is C13H10Cl2S. The molecule has 1 aromatic carbocycles. The lowest BCUT2D eigenvalue weighted by Gasteiger charge is -2.00. The topological polar surface area (TPSA) is 0 Å². The van der Waals surface area contributed by atoms with Gasteiger partial charge in [0.15, 0.2) is 0 Å². The van der Waals surface area contributed by atoms with Crippen molar-refractivity contribution in [3.8, 4) is 10.4 Å². The van der Waals surface area contributed by atoms with E-state index in [-0.39, 0.29) is 4.49 Å². The first-order valence-electron chi connectivity index (χ1n) is 4.85. The lowest BCUT2D eigenvalue weighted by molar-refractivity contribution is 1.48. The third kappa shape index (κ3) is 2.67. The van der Waals surface area contributed by atoms with Crippen molar-refractivity contribution >= 4 is 40.6 Å². The highest BCUT2D eigenvalue weighted by atomic mass is 35.5. The average molecular weight is 269 g/mol. The molecule has 16 heavy (non-hydrogen) atoms. The molecule has 0 unspecified atom stereocenters. The lowest BCUT2D eigenvalue weighted by atomic mass is 10.1. The Kier molecular flexibility index (Phi) is 3.70. The summed E-state index contributed by atoms with van der Waals surface area (Å²) in [4.78, 5) is 2.30. The molecule has 0 atom stereocenters. The molecule has 0 spiro atoms. The van der Waals surface area contributed by atoms with E-state index in [1.54, 1.807) is 17.4 Å². The van der Waals surface area contributed by atoms with Crippen LogP contribution in [-0.2, 0) is 0 Å². The van der Waals surface area contributed by atoms with Crippen molar-refractivity contribution in [1.82, 2.24) is 0 Å². The van der Waals surface area contributed by atoms with E-state index < -0.39 is 0 Å². The van der Waals surface area contributed by atoms with Crippen molar-refractivity contribution in [1.29, 1.82) is 0 Å². The van der Waals surface area contributed by atoms with Crippen LogP contribution in [0, 0.1) is 6.92 Å². The summed E-state index contributed by atoms with van der Waals surface area (Å²) in [6.45, 7) is 2.11. The van der Waals surface area contributed by atoms with Crippen LogP contribution < -0.4 is 0 Å². The van der Waals surface area contributed by atoms with Gasteiger partial charge in [-0.1, -0.05) is 47.5 Å². The Morgan fingerprint density at radius 2 is 1.88 bits per heavy atom. The molecule has 0 aliphatic heterocycles. The maximum absolute atomic E-state index is 5.63. The van der Waals surface area contributed by atoms with E-state index in [2.05, 4.69) is 25.1 Å². The van der Waals surface area contributed by atoms with Crippen molar-refractivity contribution in [3.63, 3.8) is 0 Å². The third-order valence-corrected chi connectivity index (χ3v) is 3.57. The normalized spacial score (nSPS) is 10.2. The monoisotopic (exact) mass is 268 g/mol. The zero-order valence-electron chi connectivity index (χ0n) is 8.71. The van der Waals surface area contributed by atoms with Crippen LogP contribution in [0.4, 0.5) is 0 Å². The Balaban J connectivity index is 2.39. The fourth-order valence-corrected chi connectivity index (χ4v) is 2.94. The molecule has 2 aromatic rings. The molecule has 0 bridgehead atoms. The second-order valence-corrected chi connectivity index (χ2v) is 5.57. The van der Waals surface area contributed by atoms with Gasteiger partial charge in [-0.2, -0.15) is 0 Å². The molecule has 0 amide bonds. The van der Waals surface area contributed by atoms with E-state index in [4.69, 9.17) is 23.2 Å². The molecule has 1 heterocycles. The maximum atomic E-state index is 5.63. The molecule has 0 radical (unpaired) electrons. The first kappa shape index (κ1) is 11.7. The molecule has 2 rings (SSSR count). The molecule has 3 heteroatoms. The predicted molar refractivity (Wildman–Crippen MR) is 74.2 cm³/mol. The van der Waals surface area contributed by atoms with Gasteiger partial charge < -0.3 is 0 Å². The zero-order chi connectivity index (χ0) is 11.5. The van der Waals surface area contributed by atoms with Crippen LogP contribution in [0.15, 0.2) is 40.9 Å². The summed E-state index contributed by atoms with van der Waals surface area (Å²) in [6.07, 6.45) is 1.76. The molecule has 0 saturated heterocycles. The van der Waals surface area contributed by atoms with Gasteiger partial charge in [-0.15, -0.1) is 11.3 Å². The Morgan fingerprint density at radius 1 is 1.12 bits per heavy atom. The third-order valence-electron chi connectivity index (χ3n) is 2.29. The van der Waals surface area contributed by atoms with E-state index in [0.717, 1.165) is 4.88 Å². The van der Waals surface area contributed by atoms with Gasteiger partial charge in [-0.25, -0.2) is 0 Å². The minimum Gasteiger partial charge on any atom is -0.136 e. The van der Waals surface area contributed by atoms with Crippen molar-refractivity contribution in [2.24, 2.45) is 0 Å². The van der Waals surface area contributed by atoms with E-state index in [9.17, 15) is 0 Å². The molecule has 82 valence electrons. The molecule has 0 aliphatic rings. The summed E-state index contributed by atoms with van der Waals surface area (Å²) < 4.78 is 0.290. The van der Waals surface area contributed by atoms with Crippen LogP contribution >= 0.6 is 34.5 Å². The number of benzene rings is 1. The highest BCUT2D eigenvalue weighted by Gasteiger charge is 2.03. The molecule has 0 fully saturated rings. The zero-order valence-corrected chi connectivity index (χ0v) is 11.0. The quantitative estimate of drug-likeness (QED) is 0.675. The van der Waals surface area contributed by atoms with E-state index in [0.29, 0.717) is 0 Å². The average Bonchev–Trinajstić information content (AvgIpc) is 2.66. The second-order valence-electron chi connectivity index (χ2n) is 3.45. The number of thiophene rings is 1. The fourth-order valence-electron chi connectivity index (χ4n) is 1.53. The highest BCUT2D eigenvalue weighted by Crippen LogP contribution is 2.31. The molecule has 0 nitrogen and oxygen atoms in total. The SMILES string of the molecule is Cc1ccccc1-c1ccc(C=C(Cl)Cl)s1. The summed E-state index contributed by atoms with van der Waals surface area (Å²) >= 11 is 12.9. The van der Waals surface area contributed by atoms with Gasteiger partial charge in [0.25, 0.3) is 0 Å². The first-order valence-corrected chi connectivity index (χ1v) is 6.42. The van der Waals surface area contributed by atoms with Crippen molar-refractivity contribution in [3.05, 3.63) is 51.3 Å². The van der Waals surface area contributed by atoms with Gasteiger partial charge in [-0.3, -0.25) is 0 Å². The molecular weight excluding hydrogens is 259 g/mol. The molecule has 0 saturated carbocycles. The molecule has 1 aromatic heterocycles. The van der Waals surface area contributed by atoms with E-state index in [1.165, 1.54) is 16.0 Å². The van der Waals surface area contributed by atoms with E-state index in [1.807, 2.05) is 18.2 Å². The highest BCUT2D eigenvalue weighted by molar-refractivity contribution is 7.16. The van der Waals surface area contributed by atoms with Crippen LogP contribution in [0.5, 0.6) is 0 Å². The largest absolute Gasteiger partial charge is 0.136 e. The van der Waals surface area contributed by atoms with Crippen LogP contribution in [0.25, 0.3) is 16.5 Å². The summed E-state index contributed by atoms with van der Waals surface area (Å²) in [5, 5.41) is 0. The number of halogens is 2. The number of hydrogen-bond acceptors (Lipinski definition) is 1. The van der Waals surface area contributed by atoms with Gasteiger partial charge >= 0.3 is 0 Å². The number of aryl methyl sites for hydroxylation is 1. The van der Waals surface area contributed by atoms with Gasteiger partial charge in [0, 0.05) is 9.75 Å². The summed E-state index contributed by atoms with van der Waals surface area (Å²) in [5.41, 5.74) is 2.54. The van der Waals surface area contributed by atoms with Crippen molar-refractivity contribution in [2.75, 3.05) is 0 Å². The number of hydrogen-bond donors (Lipinski definition) is 0. The maximum Gasteiger partial charge on any atom is 0.108 e. The minimum atomic E-state index is 0.290. The predicted octanol–water partition coefficient (Wildman–Crippen LogP) is 5.50. The minimum absolute atomic E-state index is 0.290.